The highest BCUT2D eigenvalue weighted by molar-refractivity contribution is 6.06. The summed E-state index contributed by atoms with van der Waals surface area (Å²) in [5.41, 5.74) is 3.95. The Morgan fingerprint density at radius 3 is 2.46 bits per heavy atom. The van der Waals surface area contributed by atoms with Crippen molar-refractivity contribution in [1.82, 2.24) is 10.2 Å². The maximum absolute atomic E-state index is 12.9. The number of fused-ring (bicyclic) bond motifs is 1. The van der Waals surface area contributed by atoms with Gasteiger partial charge in [-0.2, -0.15) is 0 Å². The standard InChI is InChI=1S/C22H20N2O4/c1-2-19(25)14-8-6-13(7-9-14)15-4-3-5-16-17(15)12-24(22(16)28)18-10-11-20(26)23-21(18)27/h3-9,18H,2,10-12H2,1H3,(H,23,26,27). The largest absolute Gasteiger partial charge is 0.322 e. The van der Waals surface area contributed by atoms with Gasteiger partial charge in [-0.25, -0.2) is 0 Å². The van der Waals surface area contributed by atoms with E-state index >= 15 is 0 Å². The van der Waals surface area contributed by atoms with Crippen molar-refractivity contribution in [2.45, 2.75) is 38.8 Å². The van der Waals surface area contributed by atoms with Crippen LogP contribution >= 0.6 is 0 Å². The van der Waals surface area contributed by atoms with Crippen LogP contribution in [0.5, 0.6) is 0 Å². The van der Waals surface area contributed by atoms with Gasteiger partial charge in [-0.05, 0) is 29.2 Å². The maximum atomic E-state index is 12.9. The summed E-state index contributed by atoms with van der Waals surface area (Å²) in [6, 6.07) is 12.3. The van der Waals surface area contributed by atoms with Gasteiger partial charge in [0.05, 0.1) is 0 Å². The van der Waals surface area contributed by atoms with E-state index in [1.54, 1.807) is 23.1 Å². The van der Waals surface area contributed by atoms with Crippen LogP contribution in [0.15, 0.2) is 42.5 Å². The molecule has 6 nitrogen and oxygen atoms in total. The molecule has 0 radical (unpaired) electrons. The number of nitrogens with one attached hydrogen (secondary N) is 1. The van der Waals surface area contributed by atoms with Crippen LogP contribution in [0, 0.1) is 0 Å². The fourth-order valence-electron chi connectivity index (χ4n) is 3.90. The average Bonchev–Trinajstić information content (AvgIpc) is 3.04. The van der Waals surface area contributed by atoms with Crippen molar-refractivity contribution in [2.24, 2.45) is 0 Å². The zero-order chi connectivity index (χ0) is 19.8. The van der Waals surface area contributed by atoms with E-state index in [-0.39, 0.29) is 24.0 Å². The lowest BCUT2D eigenvalue weighted by atomic mass is 9.95. The number of amides is 3. The molecule has 2 aromatic rings. The molecule has 2 aliphatic rings. The van der Waals surface area contributed by atoms with Crippen LogP contribution in [0.25, 0.3) is 11.1 Å². The lowest BCUT2D eigenvalue weighted by molar-refractivity contribution is -0.136. The van der Waals surface area contributed by atoms with Crippen molar-refractivity contribution in [3.05, 3.63) is 59.2 Å². The third-order valence-electron chi connectivity index (χ3n) is 5.42. The Kier molecular flexibility index (Phi) is 4.55. The highest BCUT2D eigenvalue weighted by Crippen LogP contribution is 2.34. The highest BCUT2D eigenvalue weighted by Gasteiger charge is 2.39. The maximum Gasteiger partial charge on any atom is 0.255 e. The highest BCUT2D eigenvalue weighted by atomic mass is 16.2. The summed E-state index contributed by atoms with van der Waals surface area (Å²) in [5, 5.41) is 2.32. The summed E-state index contributed by atoms with van der Waals surface area (Å²) in [6.07, 6.45) is 1.03. The molecule has 1 saturated heterocycles. The number of nitrogens with zero attached hydrogens (tertiary/aromatic N) is 1. The summed E-state index contributed by atoms with van der Waals surface area (Å²) in [6.45, 7) is 2.15. The number of benzene rings is 2. The SMILES string of the molecule is CCC(=O)c1ccc(-c2cccc3c2CN(C2CCC(=O)NC2=O)C3=O)cc1. The van der Waals surface area contributed by atoms with E-state index in [1.165, 1.54) is 0 Å². The molecule has 3 amide bonds. The third-order valence-corrected chi connectivity index (χ3v) is 5.42. The van der Waals surface area contributed by atoms with Gasteiger partial charge >= 0.3 is 0 Å². The minimum absolute atomic E-state index is 0.0871. The molecule has 1 N–H and O–H groups in total. The van der Waals surface area contributed by atoms with Crippen molar-refractivity contribution in [3.8, 4) is 11.1 Å². The number of carbonyl (C=O) groups is 4. The molecular formula is C22H20N2O4. The Hall–Kier alpha value is -3.28. The van der Waals surface area contributed by atoms with Gasteiger partial charge in [0, 0.05) is 30.5 Å². The lowest BCUT2D eigenvalue weighted by Gasteiger charge is -2.29. The number of ketones is 1. The topological polar surface area (TPSA) is 83.6 Å². The van der Waals surface area contributed by atoms with Gasteiger partial charge in [0.25, 0.3) is 5.91 Å². The van der Waals surface area contributed by atoms with Crippen LogP contribution in [0.3, 0.4) is 0 Å². The molecule has 4 rings (SSSR count). The second kappa shape index (κ2) is 7.03. The van der Waals surface area contributed by atoms with Crippen molar-refractivity contribution < 1.29 is 19.2 Å². The Labute approximate surface area is 162 Å². The normalized spacial score (nSPS) is 18.8. The molecule has 0 saturated carbocycles. The number of carbonyl (C=O) groups excluding carboxylic acids is 4. The number of piperidine rings is 1. The van der Waals surface area contributed by atoms with E-state index in [0.717, 1.165) is 16.7 Å². The van der Waals surface area contributed by atoms with Gasteiger partial charge in [0.2, 0.25) is 11.8 Å². The lowest BCUT2D eigenvalue weighted by Crippen LogP contribution is -2.52. The van der Waals surface area contributed by atoms with Crippen molar-refractivity contribution in [1.29, 1.82) is 0 Å². The number of rotatable bonds is 4. The van der Waals surface area contributed by atoms with Crippen molar-refractivity contribution >= 4 is 23.5 Å². The van der Waals surface area contributed by atoms with Crippen molar-refractivity contribution in [2.75, 3.05) is 0 Å². The number of Topliss-reactive ketones (excluding diaryl/α,β-unsaturated/α-hetero) is 1. The molecular weight excluding hydrogens is 356 g/mol. The fourth-order valence-corrected chi connectivity index (χ4v) is 3.90. The second-order valence-corrected chi connectivity index (χ2v) is 7.09. The zero-order valence-corrected chi connectivity index (χ0v) is 15.5. The first kappa shape index (κ1) is 18.1. The predicted octanol–water partition coefficient (Wildman–Crippen LogP) is 2.71. The summed E-state index contributed by atoms with van der Waals surface area (Å²) in [7, 11) is 0. The van der Waals surface area contributed by atoms with Gasteiger partial charge < -0.3 is 4.90 Å². The molecule has 0 aromatic heterocycles. The summed E-state index contributed by atoms with van der Waals surface area (Å²) in [5.74, 6) is -0.817. The Bertz CT molecular complexity index is 994. The van der Waals surface area contributed by atoms with Crippen LogP contribution < -0.4 is 5.32 Å². The molecule has 1 unspecified atom stereocenters. The first-order chi connectivity index (χ1) is 13.5. The number of imide groups is 1. The first-order valence-corrected chi connectivity index (χ1v) is 9.39. The quantitative estimate of drug-likeness (QED) is 0.657. The molecule has 0 aliphatic carbocycles. The third kappa shape index (κ3) is 3.01. The second-order valence-electron chi connectivity index (χ2n) is 7.09. The van der Waals surface area contributed by atoms with Gasteiger partial charge in [-0.3, -0.25) is 24.5 Å². The summed E-state index contributed by atoms with van der Waals surface area (Å²) >= 11 is 0. The van der Waals surface area contributed by atoms with Gasteiger partial charge in [-0.15, -0.1) is 0 Å². The number of hydrogen-bond acceptors (Lipinski definition) is 4. The summed E-state index contributed by atoms with van der Waals surface area (Å²) in [4.78, 5) is 49.9. The van der Waals surface area contributed by atoms with Gasteiger partial charge in [0.15, 0.2) is 5.78 Å². The molecule has 2 heterocycles. The molecule has 0 spiro atoms. The Morgan fingerprint density at radius 2 is 1.79 bits per heavy atom. The zero-order valence-electron chi connectivity index (χ0n) is 15.5. The Morgan fingerprint density at radius 1 is 1.07 bits per heavy atom. The van der Waals surface area contributed by atoms with E-state index in [4.69, 9.17) is 0 Å². The van der Waals surface area contributed by atoms with E-state index in [1.807, 2.05) is 31.2 Å². The fraction of sp³-hybridized carbons (Fsp3) is 0.273. The summed E-state index contributed by atoms with van der Waals surface area (Å²) < 4.78 is 0. The van der Waals surface area contributed by atoms with E-state index in [2.05, 4.69) is 5.32 Å². The number of hydrogen-bond donors (Lipinski definition) is 1. The van der Waals surface area contributed by atoms with Gasteiger partial charge in [0.1, 0.15) is 6.04 Å². The molecule has 2 aliphatic heterocycles. The average molecular weight is 376 g/mol. The van der Waals surface area contributed by atoms with E-state index < -0.39 is 11.9 Å². The van der Waals surface area contributed by atoms with Crippen LogP contribution in [0.4, 0.5) is 0 Å². The minimum Gasteiger partial charge on any atom is -0.322 e. The Balaban J connectivity index is 1.66. The molecule has 0 bridgehead atoms. The van der Waals surface area contributed by atoms with Crippen LogP contribution in [-0.2, 0) is 16.1 Å². The monoisotopic (exact) mass is 376 g/mol. The molecule has 2 aromatic carbocycles. The first-order valence-electron chi connectivity index (χ1n) is 9.39. The predicted molar refractivity (Wildman–Crippen MR) is 103 cm³/mol. The van der Waals surface area contributed by atoms with Crippen LogP contribution in [0.2, 0.25) is 0 Å². The van der Waals surface area contributed by atoms with Crippen molar-refractivity contribution in [3.63, 3.8) is 0 Å². The smallest absolute Gasteiger partial charge is 0.255 e. The molecule has 142 valence electrons. The molecule has 1 atom stereocenters. The van der Waals surface area contributed by atoms with Crippen LogP contribution in [-0.4, -0.2) is 34.4 Å². The molecule has 1 fully saturated rings. The van der Waals surface area contributed by atoms with E-state index in [0.29, 0.717) is 30.5 Å². The molecule has 28 heavy (non-hydrogen) atoms. The minimum atomic E-state index is -0.630. The van der Waals surface area contributed by atoms with E-state index in [9.17, 15) is 19.2 Å². The van der Waals surface area contributed by atoms with Crippen LogP contribution in [0.1, 0.15) is 52.5 Å². The van der Waals surface area contributed by atoms with Gasteiger partial charge in [-0.1, -0.05) is 43.3 Å². The molecule has 6 heteroatoms.